The summed E-state index contributed by atoms with van der Waals surface area (Å²) in [4.78, 5) is 0.308. The highest BCUT2D eigenvalue weighted by Crippen LogP contribution is 2.21. The van der Waals surface area contributed by atoms with Gasteiger partial charge in [-0.1, -0.05) is 12.1 Å². The molecular formula is C10H13NO4S. The van der Waals surface area contributed by atoms with Crippen LogP contribution in [-0.4, -0.2) is 32.1 Å². The molecule has 0 amide bonds. The standard InChI is InChI=1S/C10H13NO4S/c12-11-5-8-1-3-9(4-2-8)16(13,14)10-6-15-7-10/h1-4,10-12H,5-7H2. The summed E-state index contributed by atoms with van der Waals surface area (Å²) in [5.41, 5.74) is 2.84. The maximum Gasteiger partial charge on any atom is 0.185 e. The van der Waals surface area contributed by atoms with Crippen LogP contribution < -0.4 is 5.48 Å². The average Bonchev–Trinajstić information content (AvgIpc) is 2.15. The predicted octanol–water partition coefficient (Wildman–Crippen LogP) is 0.338. The first-order valence-corrected chi connectivity index (χ1v) is 6.47. The highest BCUT2D eigenvalue weighted by molar-refractivity contribution is 7.92. The van der Waals surface area contributed by atoms with Crippen molar-refractivity contribution in [3.05, 3.63) is 29.8 Å². The summed E-state index contributed by atoms with van der Waals surface area (Å²) in [6, 6.07) is 6.46. The molecule has 0 saturated carbocycles. The summed E-state index contributed by atoms with van der Waals surface area (Å²) >= 11 is 0. The maximum atomic E-state index is 11.9. The van der Waals surface area contributed by atoms with Crippen molar-refractivity contribution in [3.63, 3.8) is 0 Å². The van der Waals surface area contributed by atoms with Gasteiger partial charge in [0.05, 0.1) is 18.1 Å². The van der Waals surface area contributed by atoms with E-state index in [0.717, 1.165) is 5.56 Å². The Hall–Kier alpha value is -0.950. The largest absolute Gasteiger partial charge is 0.379 e. The third-order valence-electron chi connectivity index (χ3n) is 2.58. The van der Waals surface area contributed by atoms with Crippen LogP contribution in [0.15, 0.2) is 29.2 Å². The number of ether oxygens (including phenoxy) is 1. The Kier molecular flexibility index (Phi) is 3.25. The van der Waals surface area contributed by atoms with E-state index in [1.54, 1.807) is 24.3 Å². The molecular weight excluding hydrogens is 230 g/mol. The van der Waals surface area contributed by atoms with E-state index < -0.39 is 15.1 Å². The molecule has 0 bridgehead atoms. The zero-order chi connectivity index (χ0) is 11.6. The topological polar surface area (TPSA) is 75.6 Å². The molecule has 0 aliphatic carbocycles. The molecule has 6 heteroatoms. The number of benzene rings is 1. The molecule has 0 atom stereocenters. The first-order valence-electron chi connectivity index (χ1n) is 4.92. The highest BCUT2D eigenvalue weighted by atomic mass is 32.2. The minimum absolute atomic E-state index is 0.280. The highest BCUT2D eigenvalue weighted by Gasteiger charge is 2.33. The van der Waals surface area contributed by atoms with Crippen LogP contribution in [0.1, 0.15) is 5.56 Å². The van der Waals surface area contributed by atoms with Gasteiger partial charge in [-0.15, -0.1) is 0 Å². The van der Waals surface area contributed by atoms with Gasteiger partial charge < -0.3 is 9.94 Å². The van der Waals surface area contributed by atoms with E-state index in [-0.39, 0.29) is 13.2 Å². The van der Waals surface area contributed by atoms with Crippen molar-refractivity contribution in [3.8, 4) is 0 Å². The van der Waals surface area contributed by atoms with Gasteiger partial charge in [0.2, 0.25) is 0 Å². The Morgan fingerprint density at radius 1 is 1.31 bits per heavy atom. The Balaban J connectivity index is 2.20. The van der Waals surface area contributed by atoms with Crippen molar-refractivity contribution in [2.45, 2.75) is 16.7 Å². The second-order valence-corrected chi connectivity index (χ2v) is 5.91. The van der Waals surface area contributed by atoms with Crippen molar-refractivity contribution in [1.29, 1.82) is 0 Å². The van der Waals surface area contributed by atoms with Crippen molar-refractivity contribution in [2.75, 3.05) is 13.2 Å². The average molecular weight is 243 g/mol. The molecule has 1 fully saturated rings. The van der Waals surface area contributed by atoms with Crippen molar-refractivity contribution in [1.82, 2.24) is 5.48 Å². The minimum Gasteiger partial charge on any atom is -0.379 e. The van der Waals surface area contributed by atoms with Gasteiger partial charge in [0.15, 0.2) is 9.84 Å². The summed E-state index contributed by atoms with van der Waals surface area (Å²) in [6.45, 7) is 0.859. The third kappa shape index (κ3) is 2.10. The Bertz CT molecular complexity index is 450. The molecule has 1 heterocycles. The van der Waals surface area contributed by atoms with Crippen LogP contribution in [0, 0.1) is 0 Å². The lowest BCUT2D eigenvalue weighted by Gasteiger charge is -2.25. The molecule has 0 aromatic heterocycles. The molecule has 1 saturated heterocycles. The second-order valence-electron chi connectivity index (χ2n) is 3.68. The zero-order valence-electron chi connectivity index (χ0n) is 8.59. The van der Waals surface area contributed by atoms with E-state index in [1.165, 1.54) is 0 Å². The molecule has 16 heavy (non-hydrogen) atoms. The molecule has 1 aliphatic rings. The molecule has 88 valence electrons. The van der Waals surface area contributed by atoms with Crippen molar-refractivity contribution in [2.24, 2.45) is 0 Å². The van der Waals surface area contributed by atoms with Gasteiger partial charge in [-0.2, -0.15) is 0 Å². The van der Waals surface area contributed by atoms with Crippen LogP contribution in [0.2, 0.25) is 0 Å². The smallest absolute Gasteiger partial charge is 0.185 e. The van der Waals surface area contributed by atoms with E-state index in [9.17, 15) is 8.42 Å². The van der Waals surface area contributed by atoms with E-state index >= 15 is 0 Å². The van der Waals surface area contributed by atoms with Gasteiger partial charge in [0.1, 0.15) is 5.25 Å². The molecule has 0 radical (unpaired) electrons. The maximum absolute atomic E-state index is 11.9. The molecule has 0 spiro atoms. The lowest BCUT2D eigenvalue weighted by molar-refractivity contribution is 0.0416. The number of rotatable bonds is 4. The van der Waals surface area contributed by atoms with Crippen LogP contribution in [-0.2, 0) is 21.1 Å². The molecule has 0 unspecified atom stereocenters. The summed E-state index contributed by atoms with van der Waals surface area (Å²) < 4.78 is 28.8. The molecule has 1 aromatic carbocycles. The summed E-state index contributed by atoms with van der Waals surface area (Å²) in [7, 11) is -3.24. The summed E-state index contributed by atoms with van der Waals surface area (Å²) in [6.07, 6.45) is 0. The number of sulfone groups is 1. The SMILES string of the molecule is O=S(=O)(c1ccc(CNO)cc1)C1COC1. The summed E-state index contributed by atoms with van der Waals surface area (Å²) in [5.74, 6) is 0. The van der Waals surface area contributed by atoms with Crippen LogP contribution >= 0.6 is 0 Å². The van der Waals surface area contributed by atoms with Crippen LogP contribution in [0.5, 0.6) is 0 Å². The monoisotopic (exact) mass is 243 g/mol. The Labute approximate surface area is 93.9 Å². The summed E-state index contributed by atoms with van der Waals surface area (Å²) in [5, 5.41) is 8.09. The van der Waals surface area contributed by atoms with Crippen molar-refractivity contribution < 1.29 is 18.4 Å². The van der Waals surface area contributed by atoms with Gasteiger partial charge in [0, 0.05) is 6.54 Å². The van der Waals surface area contributed by atoms with Gasteiger partial charge in [-0.25, -0.2) is 13.9 Å². The van der Waals surface area contributed by atoms with Gasteiger partial charge in [-0.05, 0) is 17.7 Å². The fraction of sp³-hybridized carbons (Fsp3) is 0.400. The number of nitrogens with one attached hydrogen (secondary N) is 1. The molecule has 1 aliphatic heterocycles. The minimum atomic E-state index is -3.24. The van der Waals surface area contributed by atoms with E-state index in [1.807, 2.05) is 5.48 Å². The van der Waals surface area contributed by atoms with E-state index in [4.69, 9.17) is 9.94 Å². The van der Waals surface area contributed by atoms with Gasteiger partial charge in [-0.3, -0.25) is 0 Å². The van der Waals surface area contributed by atoms with Crippen LogP contribution in [0.4, 0.5) is 0 Å². The molecule has 2 rings (SSSR count). The zero-order valence-corrected chi connectivity index (χ0v) is 9.40. The lowest BCUT2D eigenvalue weighted by Crippen LogP contribution is -2.40. The lowest BCUT2D eigenvalue weighted by atomic mass is 10.2. The number of hydrogen-bond donors (Lipinski definition) is 2. The first kappa shape index (κ1) is 11.5. The molecule has 2 N–H and O–H groups in total. The predicted molar refractivity (Wildman–Crippen MR) is 56.9 cm³/mol. The Morgan fingerprint density at radius 3 is 2.38 bits per heavy atom. The number of hydroxylamine groups is 1. The third-order valence-corrected chi connectivity index (χ3v) is 4.66. The first-order chi connectivity index (χ1) is 7.64. The normalized spacial score (nSPS) is 17.1. The molecule has 5 nitrogen and oxygen atoms in total. The number of hydrogen-bond acceptors (Lipinski definition) is 5. The van der Waals surface area contributed by atoms with Gasteiger partial charge in [0.25, 0.3) is 0 Å². The van der Waals surface area contributed by atoms with Crippen LogP contribution in [0.3, 0.4) is 0 Å². The Morgan fingerprint density at radius 2 is 1.94 bits per heavy atom. The van der Waals surface area contributed by atoms with Crippen molar-refractivity contribution >= 4 is 9.84 Å². The van der Waals surface area contributed by atoms with E-state index in [0.29, 0.717) is 11.4 Å². The second kappa shape index (κ2) is 4.50. The van der Waals surface area contributed by atoms with Gasteiger partial charge >= 0.3 is 0 Å². The fourth-order valence-electron chi connectivity index (χ4n) is 1.47. The quantitative estimate of drug-likeness (QED) is 0.746. The molecule has 1 aromatic rings. The van der Waals surface area contributed by atoms with E-state index in [2.05, 4.69) is 0 Å². The fourth-order valence-corrected chi connectivity index (χ4v) is 2.93. The van der Waals surface area contributed by atoms with Crippen LogP contribution in [0.25, 0.3) is 0 Å².